The Morgan fingerprint density at radius 3 is 2.79 bits per heavy atom. The van der Waals surface area contributed by atoms with E-state index in [0.29, 0.717) is 12.3 Å². The predicted octanol–water partition coefficient (Wildman–Crippen LogP) is 2.05. The number of hydrogen-bond donors (Lipinski definition) is 1. The Bertz CT molecular complexity index is 597. The van der Waals surface area contributed by atoms with E-state index in [9.17, 15) is 9.18 Å². The fraction of sp³-hybridized carbons (Fsp3) is 0.250. The number of halogens is 1. The second-order valence-electron chi connectivity index (χ2n) is 3.65. The summed E-state index contributed by atoms with van der Waals surface area (Å²) in [6.45, 7) is 1.74. The molecule has 0 bridgehead atoms. The van der Waals surface area contributed by atoms with Crippen molar-refractivity contribution in [3.8, 4) is 5.75 Å². The van der Waals surface area contributed by atoms with Crippen molar-refractivity contribution in [3.63, 3.8) is 0 Å². The van der Waals surface area contributed by atoms with E-state index in [2.05, 4.69) is 10.2 Å². The molecule has 2 rings (SSSR count). The Morgan fingerprint density at radius 2 is 2.16 bits per heavy atom. The van der Waals surface area contributed by atoms with Crippen molar-refractivity contribution >= 4 is 5.97 Å². The van der Waals surface area contributed by atoms with Gasteiger partial charge in [-0.05, 0) is 12.1 Å². The van der Waals surface area contributed by atoms with Crippen LogP contribution in [0.4, 0.5) is 4.39 Å². The first-order valence-corrected chi connectivity index (χ1v) is 5.57. The number of benzene rings is 1. The van der Waals surface area contributed by atoms with Crippen molar-refractivity contribution in [2.45, 2.75) is 20.0 Å². The smallest absolute Gasteiger partial charge is 0.342 e. The average molecular weight is 266 g/mol. The molecule has 0 unspecified atom stereocenters. The van der Waals surface area contributed by atoms with Crippen LogP contribution in [0.2, 0.25) is 0 Å². The minimum atomic E-state index is -1.40. The summed E-state index contributed by atoms with van der Waals surface area (Å²) in [7, 11) is 0. The Kier molecular flexibility index (Phi) is 3.74. The van der Waals surface area contributed by atoms with Gasteiger partial charge in [0.2, 0.25) is 5.89 Å². The molecule has 0 aliphatic carbocycles. The van der Waals surface area contributed by atoms with E-state index in [-0.39, 0.29) is 18.2 Å². The summed E-state index contributed by atoms with van der Waals surface area (Å²) >= 11 is 0. The maximum absolute atomic E-state index is 13.4. The van der Waals surface area contributed by atoms with Crippen LogP contribution in [0.3, 0.4) is 0 Å². The molecule has 0 fully saturated rings. The highest BCUT2D eigenvalue weighted by Crippen LogP contribution is 2.22. The minimum absolute atomic E-state index is 0.0799. The minimum Gasteiger partial charge on any atom is -0.483 e. The van der Waals surface area contributed by atoms with Crippen molar-refractivity contribution in [1.29, 1.82) is 0 Å². The van der Waals surface area contributed by atoms with E-state index >= 15 is 0 Å². The zero-order valence-corrected chi connectivity index (χ0v) is 10.1. The van der Waals surface area contributed by atoms with Crippen LogP contribution >= 0.6 is 0 Å². The number of hydrogen-bond acceptors (Lipinski definition) is 5. The topological polar surface area (TPSA) is 85.5 Å². The van der Waals surface area contributed by atoms with Gasteiger partial charge in [-0.3, -0.25) is 0 Å². The molecule has 0 radical (unpaired) electrons. The summed E-state index contributed by atoms with van der Waals surface area (Å²) in [5.41, 5.74) is -0.516. The number of carboxylic acid groups (broad SMARTS) is 1. The lowest BCUT2D eigenvalue weighted by Crippen LogP contribution is -2.06. The largest absolute Gasteiger partial charge is 0.483 e. The number of nitrogens with zero attached hydrogens (tertiary/aromatic N) is 2. The van der Waals surface area contributed by atoms with Gasteiger partial charge < -0.3 is 14.3 Å². The van der Waals surface area contributed by atoms with Gasteiger partial charge >= 0.3 is 5.97 Å². The van der Waals surface area contributed by atoms with Crippen molar-refractivity contribution in [2.75, 3.05) is 0 Å². The quantitative estimate of drug-likeness (QED) is 0.891. The van der Waals surface area contributed by atoms with Gasteiger partial charge in [0.15, 0.2) is 6.61 Å². The summed E-state index contributed by atoms with van der Waals surface area (Å²) < 4.78 is 23.8. The highest BCUT2D eigenvalue weighted by atomic mass is 19.1. The van der Waals surface area contributed by atoms with Gasteiger partial charge in [-0.15, -0.1) is 10.2 Å². The molecule has 0 saturated carbocycles. The lowest BCUT2D eigenvalue weighted by Gasteiger charge is -2.07. The molecule has 1 aromatic carbocycles. The van der Waals surface area contributed by atoms with Crippen molar-refractivity contribution in [2.24, 2.45) is 0 Å². The third-order valence-corrected chi connectivity index (χ3v) is 2.35. The molecule has 7 heteroatoms. The summed E-state index contributed by atoms with van der Waals surface area (Å²) in [6.07, 6.45) is 0.591. The van der Waals surface area contributed by atoms with E-state index in [4.69, 9.17) is 14.3 Å². The van der Waals surface area contributed by atoms with Crippen molar-refractivity contribution in [3.05, 3.63) is 41.4 Å². The molecule has 1 heterocycles. The van der Waals surface area contributed by atoms with Gasteiger partial charge in [-0.25, -0.2) is 9.18 Å². The van der Waals surface area contributed by atoms with Gasteiger partial charge in [0.1, 0.15) is 17.1 Å². The van der Waals surface area contributed by atoms with Crippen LogP contribution in [0.15, 0.2) is 22.6 Å². The Balaban J connectivity index is 2.15. The molecule has 0 atom stereocenters. The van der Waals surface area contributed by atoms with Gasteiger partial charge in [-0.1, -0.05) is 13.0 Å². The van der Waals surface area contributed by atoms with Crippen LogP contribution in [0.25, 0.3) is 0 Å². The lowest BCUT2D eigenvalue weighted by molar-refractivity contribution is 0.0685. The number of rotatable bonds is 5. The van der Waals surface area contributed by atoms with E-state index in [1.165, 1.54) is 12.1 Å². The van der Waals surface area contributed by atoms with Gasteiger partial charge in [0.05, 0.1) is 0 Å². The summed E-state index contributed by atoms with van der Waals surface area (Å²) in [5.74, 6) is -1.67. The average Bonchev–Trinajstić information content (AvgIpc) is 2.83. The van der Waals surface area contributed by atoms with Crippen LogP contribution in [-0.4, -0.2) is 21.3 Å². The Labute approximate surface area is 107 Å². The van der Waals surface area contributed by atoms with Crippen molar-refractivity contribution < 1.29 is 23.4 Å². The Hall–Kier alpha value is -2.44. The highest BCUT2D eigenvalue weighted by molar-refractivity contribution is 5.91. The first kappa shape index (κ1) is 13.0. The molecule has 2 aromatic rings. The number of aromatic nitrogens is 2. The van der Waals surface area contributed by atoms with Crippen molar-refractivity contribution in [1.82, 2.24) is 10.2 Å². The number of carboxylic acids is 1. The van der Waals surface area contributed by atoms with Gasteiger partial charge in [0.25, 0.3) is 5.89 Å². The molecule has 0 aliphatic rings. The third-order valence-electron chi connectivity index (χ3n) is 2.35. The van der Waals surface area contributed by atoms with Crippen LogP contribution in [0.1, 0.15) is 29.1 Å². The first-order chi connectivity index (χ1) is 9.11. The Morgan fingerprint density at radius 1 is 1.42 bits per heavy atom. The summed E-state index contributed by atoms with van der Waals surface area (Å²) in [6, 6.07) is 3.78. The fourth-order valence-corrected chi connectivity index (χ4v) is 1.46. The maximum atomic E-state index is 13.4. The zero-order valence-electron chi connectivity index (χ0n) is 10.1. The van der Waals surface area contributed by atoms with Gasteiger partial charge in [-0.2, -0.15) is 0 Å². The molecule has 1 N–H and O–H groups in total. The van der Waals surface area contributed by atoms with E-state index in [1.807, 2.05) is 6.92 Å². The van der Waals surface area contributed by atoms with Crippen LogP contribution in [0, 0.1) is 5.82 Å². The second-order valence-corrected chi connectivity index (χ2v) is 3.65. The van der Waals surface area contributed by atoms with E-state index in [1.54, 1.807) is 0 Å². The number of aryl methyl sites for hydroxylation is 1. The molecule has 1 aromatic heterocycles. The number of aromatic carboxylic acids is 1. The molecular weight excluding hydrogens is 255 g/mol. The predicted molar refractivity (Wildman–Crippen MR) is 61.4 cm³/mol. The van der Waals surface area contributed by atoms with Gasteiger partial charge in [0, 0.05) is 6.42 Å². The highest BCUT2D eigenvalue weighted by Gasteiger charge is 2.17. The first-order valence-electron chi connectivity index (χ1n) is 5.57. The molecule has 19 heavy (non-hydrogen) atoms. The number of carbonyl (C=O) groups is 1. The monoisotopic (exact) mass is 266 g/mol. The van der Waals surface area contributed by atoms with Crippen LogP contribution in [-0.2, 0) is 13.0 Å². The summed E-state index contributed by atoms with van der Waals surface area (Å²) in [4.78, 5) is 10.9. The second kappa shape index (κ2) is 5.47. The normalized spacial score (nSPS) is 10.4. The van der Waals surface area contributed by atoms with E-state index in [0.717, 1.165) is 6.07 Å². The molecule has 100 valence electrons. The maximum Gasteiger partial charge on any atom is 0.342 e. The van der Waals surface area contributed by atoms with Crippen LogP contribution < -0.4 is 4.74 Å². The molecule has 0 amide bonds. The molecule has 6 nitrogen and oxygen atoms in total. The van der Waals surface area contributed by atoms with E-state index < -0.39 is 17.3 Å². The zero-order chi connectivity index (χ0) is 13.8. The summed E-state index contributed by atoms with van der Waals surface area (Å²) in [5, 5.41) is 16.4. The SMILES string of the molecule is CCc1nnc(COc2cccc(F)c2C(=O)O)o1. The standard InChI is InChI=1S/C12H11FN2O4/c1-2-9-14-15-10(19-9)6-18-8-5-3-4-7(13)11(8)12(16)17/h3-5H,2,6H2,1H3,(H,16,17). The molecule has 0 aliphatic heterocycles. The van der Waals surface area contributed by atoms with Crippen LogP contribution in [0.5, 0.6) is 5.75 Å². The number of ether oxygens (including phenoxy) is 1. The molecular formula is C12H11FN2O4. The third kappa shape index (κ3) is 2.87. The molecule has 0 spiro atoms. The lowest BCUT2D eigenvalue weighted by atomic mass is 10.2. The molecule has 0 saturated heterocycles. The fourth-order valence-electron chi connectivity index (χ4n) is 1.46.